The average molecular weight is 385 g/mol. The number of hydrogen-bond donors (Lipinski definition) is 2. The molecule has 1 fully saturated rings. The zero-order valence-electron chi connectivity index (χ0n) is 16.0. The summed E-state index contributed by atoms with van der Waals surface area (Å²) in [6.07, 6.45) is 5.25. The molecule has 2 N–H and O–H groups in total. The second-order valence-electron chi connectivity index (χ2n) is 7.17. The lowest BCUT2D eigenvalue weighted by Gasteiger charge is -2.18. The van der Waals surface area contributed by atoms with E-state index in [-0.39, 0.29) is 6.04 Å². The first kappa shape index (κ1) is 19.5. The van der Waals surface area contributed by atoms with E-state index in [2.05, 4.69) is 17.6 Å². The molecule has 0 aliphatic heterocycles. The van der Waals surface area contributed by atoms with Gasteiger partial charge in [0.2, 0.25) is 0 Å². The van der Waals surface area contributed by atoms with Gasteiger partial charge in [0.25, 0.3) is 0 Å². The van der Waals surface area contributed by atoms with Crippen molar-refractivity contribution in [1.29, 1.82) is 0 Å². The van der Waals surface area contributed by atoms with Gasteiger partial charge in [0.15, 0.2) is 5.11 Å². The van der Waals surface area contributed by atoms with Gasteiger partial charge in [0.05, 0.1) is 12.1 Å². The van der Waals surface area contributed by atoms with Crippen molar-refractivity contribution in [3.8, 4) is 11.5 Å². The van der Waals surface area contributed by atoms with Crippen LogP contribution in [0.1, 0.15) is 38.2 Å². The minimum Gasteiger partial charge on any atom is -0.491 e. The molecule has 2 aromatic carbocycles. The maximum absolute atomic E-state index is 5.99. The maximum Gasteiger partial charge on any atom is 0.171 e. The molecule has 0 amide bonds. The lowest BCUT2D eigenvalue weighted by Crippen LogP contribution is -2.39. The van der Waals surface area contributed by atoms with E-state index in [9.17, 15) is 0 Å². The van der Waals surface area contributed by atoms with Gasteiger partial charge < -0.3 is 20.1 Å². The Bertz CT molecular complexity index is 725. The Hall–Kier alpha value is -2.27. The number of nitrogens with one attached hydrogen (secondary N) is 2. The molecule has 1 aliphatic carbocycles. The molecule has 1 atom stereocenters. The molecule has 0 spiro atoms. The van der Waals surface area contributed by atoms with Crippen molar-refractivity contribution in [3.05, 3.63) is 54.1 Å². The highest BCUT2D eigenvalue weighted by Gasteiger charge is 2.16. The Morgan fingerprint density at radius 2 is 1.67 bits per heavy atom. The van der Waals surface area contributed by atoms with Crippen molar-refractivity contribution in [2.75, 3.05) is 11.9 Å². The van der Waals surface area contributed by atoms with E-state index in [1.807, 2.05) is 55.5 Å². The van der Waals surface area contributed by atoms with Crippen molar-refractivity contribution < 1.29 is 9.47 Å². The van der Waals surface area contributed by atoms with Crippen LogP contribution in [0.25, 0.3) is 0 Å². The molecule has 0 heterocycles. The van der Waals surface area contributed by atoms with Gasteiger partial charge in [-0.2, -0.15) is 0 Å². The number of rotatable bonds is 7. The first-order valence-corrected chi connectivity index (χ1v) is 10.0. The molecule has 1 aliphatic rings. The Morgan fingerprint density at radius 1 is 1.04 bits per heavy atom. The second kappa shape index (κ2) is 9.60. The number of hydrogen-bond acceptors (Lipinski definition) is 3. The highest BCUT2D eigenvalue weighted by molar-refractivity contribution is 7.80. The number of ether oxygens (including phenoxy) is 2. The van der Waals surface area contributed by atoms with Crippen molar-refractivity contribution in [2.45, 2.75) is 51.7 Å². The van der Waals surface area contributed by atoms with E-state index < -0.39 is 0 Å². The smallest absolute Gasteiger partial charge is 0.171 e. The molecule has 27 heavy (non-hydrogen) atoms. The van der Waals surface area contributed by atoms with Crippen LogP contribution in [0.15, 0.2) is 48.5 Å². The van der Waals surface area contributed by atoms with Gasteiger partial charge in [-0.25, -0.2) is 0 Å². The molecule has 5 heteroatoms. The predicted molar refractivity (Wildman–Crippen MR) is 115 cm³/mol. The highest BCUT2D eigenvalue weighted by atomic mass is 32.1. The van der Waals surface area contributed by atoms with Crippen LogP contribution in [-0.4, -0.2) is 23.9 Å². The van der Waals surface area contributed by atoms with Gasteiger partial charge in [0.1, 0.15) is 18.1 Å². The average Bonchev–Trinajstić information content (AvgIpc) is 3.16. The van der Waals surface area contributed by atoms with E-state index in [1.165, 1.54) is 18.4 Å². The minimum absolute atomic E-state index is 0.0938. The van der Waals surface area contributed by atoms with Crippen LogP contribution in [0.4, 0.5) is 5.69 Å². The Kier molecular flexibility index (Phi) is 6.93. The van der Waals surface area contributed by atoms with Gasteiger partial charge in [-0.15, -0.1) is 0 Å². The maximum atomic E-state index is 5.99. The van der Waals surface area contributed by atoms with E-state index in [4.69, 9.17) is 21.7 Å². The topological polar surface area (TPSA) is 42.5 Å². The third-order valence-corrected chi connectivity index (χ3v) is 4.84. The summed E-state index contributed by atoms with van der Waals surface area (Å²) in [5, 5.41) is 7.04. The van der Waals surface area contributed by atoms with Crippen molar-refractivity contribution in [1.82, 2.24) is 5.32 Å². The van der Waals surface area contributed by atoms with E-state index in [0.29, 0.717) is 17.8 Å². The first-order chi connectivity index (χ1) is 13.1. The molecule has 2 aromatic rings. The summed E-state index contributed by atoms with van der Waals surface area (Å²) in [5.74, 6) is 1.79. The fraction of sp³-hybridized carbons (Fsp3) is 0.409. The molecule has 1 saturated carbocycles. The van der Waals surface area contributed by atoms with Crippen molar-refractivity contribution >= 4 is 23.0 Å². The van der Waals surface area contributed by atoms with Gasteiger partial charge in [0, 0.05) is 5.69 Å². The van der Waals surface area contributed by atoms with Gasteiger partial charge in [-0.05, 0) is 88.1 Å². The fourth-order valence-electron chi connectivity index (χ4n) is 3.10. The second-order valence-corrected chi connectivity index (χ2v) is 7.58. The standard InChI is InChI=1S/C22H28N2O2S/c1-16-7-11-19(12-8-16)25-15-17(2)23-22(27)24-18-9-13-21(14-10-18)26-20-5-3-4-6-20/h7-14,17,20H,3-6,15H2,1-2H3,(H2,23,24,27)/t17-/m0/s1. The monoisotopic (exact) mass is 384 g/mol. The van der Waals surface area contributed by atoms with Gasteiger partial charge in [-0.3, -0.25) is 0 Å². The predicted octanol–water partition coefficient (Wildman–Crippen LogP) is 5.07. The fourth-order valence-corrected chi connectivity index (χ4v) is 3.42. The Morgan fingerprint density at radius 3 is 2.33 bits per heavy atom. The largest absolute Gasteiger partial charge is 0.491 e. The molecule has 0 bridgehead atoms. The Labute approximate surface area is 167 Å². The summed E-state index contributed by atoms with van der Waals surface area (Å²) < 4.78 is 11.8. The zero-order chi connectivity index (χ0) is 19.1. The van der Waals surface area contributed by atoms with Crippen LogP contribution in [-0.2, 0) is 0 Å². The molecule has 0 unspecified atom stereocenters. The molecule has 144 valence electrons. The number of anilines is 1. The Balaban J connectivity index is 1.40. The van der Waals surface area contributed by atoms with E-state index >= 15 is 0 Å². The van der Waals surface area contributed by atoms with Crippen LogP contribution in [0.3, 0.4) is 0 Å². The van der Waals surface area contributed by atoms with Gasteiger partial charge >= 0.3 is 0 Å². The van der Waals surface area contributed by atoms with Crippen molar-refractivity contribution in [3.63, 3.8) is 0 Å². The number of thiocarbonyl (C=S) groups is 1. The summed E-state index contributed by atoms with van der Waals surface area (Å²) in [4.78, 5) is 0. The zero-order valence-corrected chi connectivity index (χ0v) is 16.9. The van der Waals surface area contributed by atoms with Crippen molar-refractivity contribution in [2.24, 2.45) is 0 Å². The first-order valence-electron chi connectivity index (χ1n) is 9.62. The summed E-state index contributed by atoms with van der Waals surface area (Å²) in [6.45, 7) is 4.64. The SMILES string of the molecule is Cc1ccc(OC[C@H](C)NC(=S)Nc2ccc(OC3CCCC3)cc2)cc1. The molecule has 3 rings (SSSR count). The number of aryl methyl sites for hydroxylation is 1. The molecule has 0 aromatic heterocycles. The molecule has 4 nitrogen and oxygen atoms in total. The third-order valence-electron chi connectivity index (χ3n) is 4.62. The summed E-state index contributed by atoms with van der Waals surface area (Å²) >= 11 is 5.40. The van der Waals surface area contributed by atoms with Crippen LogP contribution in [0, 0.1) is 6.92 Å². The number of benzene rings is 2. The lowest BCUT2D eigenvalue weighted by atomic mass is 10.2. The normalized spacial score (nSPS) is 15.2. The lowest BCUT2D eigenvalue weighted by molar-refractivity contribution is 0.210. The van der Waals surface area contributed by atoms with E-state index in [1.54, 1.807) is 0 Å². The molecule has 0 saturated heterocycles. The van der Waals surface area contributed by atoms with Crippen LogP contribution >= 0.6 is 12.2 Å². The van der Waals surface area contributed by atoms with Crippen LogP contribution in [0.5, 0.6) is 11.5 Å². The third kappa shape index (κ3) is 6.43. The van der Waals surface area contributed by atoms with Crippen LogP contribution in [0.2, 0.25) is 0 Å². The summed E-state index contributed by atoms with van der Waals surface area (Å²) in [6, 6.07) is 16.1. The van der Waals surface area contributed by atoms with E-state index in [0.717, 1.165) is 30.0 Å². The summed E-state index contributed by atoms with van der Waals surface area (Å²) in [5.41, 5.74) is 2.16. The van der Waals surface area contributed by atoms with Gasteiger partial charge in [-0.1, -0.05) is 17.7 Å². The minimum atomic E-state index is 0.0938. The molecule has 0 radical (unpaired) electrons. The molecular formula is C22H28N2O2S. The van der Waals surface area contributed by atoms with Crippen LogP contribution < -0.4 is 20.1 Å². The highest BCUT2D eigenvalue weighted by Crippen LogP contribution is 2.25. The molecular weight excluding hydrogens is 356 g/mol. The quantitative estimate of drug-likeness (QED) is 0.653. The summed E-state index contributed by atoms with van der Waals surface area (Å²) in [7, 11) is 0.